The molecular weight excluding hydrogens is 278 g/mol. The van der Waals surface area contributed by atoms with Crippen LogP contribution in [0.15, 0.2) is 24.3 Å². The maximum Gasteiger partial charge on any atom is 0.407 e. The molecule has 1 unspecified atom stereocenters. The number of hydrogen-bond donors (Lipinski definition) is 2. The summed E-state index contributed by atoms with van der Waals surface area (Å²) in [7, 11) is 0. The van der Waals surface area contributed by atoms with Crippen molar-refractivity contribution in [3.8, 4) is 5.75 Å². The van der Waals surface area contributed by atoms with Crippen molar-refractivity contribution in [2.45, 2.75) is 65.5 Å². The Balaban J connectivity index is 2.29. The van der Waals surface area contributed by atoms with E-state index in [4.69, 9.17) is 4.74 Å². The number of phenolic OH excluding ortho intramolecular Hbond substituents is 1. The monoisotopic (exact) mass is 307 g/mol. The number of benzene rings is 1. The van der Waals surface area contributed by atoms with E-state index in [1.165, 1.54) is 5.56 Å². The molecule has 4 heteroatoms. The number of ether oxygens (including phenoxy) is 1. The fourth-order valence-corrected chi connectivity index (χ4v) is 2.25. The molecule has 4 nitrogen and oxygen atoms in total. The quantitative estimate of drug-likeness (QED) is 0.825. The van der Waals surface area contributed by atoms with Gasteiger partial charge in [-0.1, -0.05) is 19.1 Å². The van der Waals surface area contributed by atoms with Crippen molar-refractivity contribution in [3.63, 3.8) is 0 Å². The number of rotatable bonds is 6. The highest BCUT2D eigenvalue weighted by Gasteiger charge is 2.17. The van der Waals surface area contributed by atoms with Gasteiger partial charge in [0, 0.05) is 6.04 Å². The molecule has 0 aromatic heterocycles. The molecule has 124 valence electrons. The Kier molecular flexibility index (Phi) is 6.72. The number of amides is 1. The highest BCUT2D eigenvalue weighted by molar-refractivity contribution is 5.67. The molecule has 0 saturated carbocycles. The lowest BCUT2D eigenvalue weighted by atomic mass is 9.95. The van der Waals surface area contributed by atoms with Crippen LogP contribution in [0.3, 0.4) is 0 Å². The molecule has 0 bridgehead atoms. The first-order valence-electron chi connectivity index (χ1n) is 7.93. The zero-order valence-electron chi connectivity index (χ0n) is 14.3. The van der Waals surface area contributed by atoms with Crippen LogP contribution in [0, 0.1) is 5.92 Å². The van der Waals surface area contributed by atoms with Crippen molar-refractivity contribution in [2.24, 2.45) is 5.92 Å². The van der Waals surface area contributed by atoms with E-state index in [1.54, 1.807) is 12.1 Å². The zero-order valence-corrected chi connectivity index (χ0v) is 14.3. The lowest BCUT2D eigenvalue weighted by Gasteiger charge is -2.22. The third-order valence-electron chi connectivity index (χ3n) is 3.38. The molecule has 1 aromatic rings. The Morgan fingerprint density at radius 3 is 2.32 bits per heavy atom. The van der Waals surface area contributed by atoms with Gasteiger partial charge >= 0.3 is 6.09 Å². The van der Waals surface area contributed by atoms with E-state index < -0.39 is 5.60 Å². The maximum atomic E-state index is 11.7. The molecule has 0 saturated heterocycles. The fraction of sp³-hybridized carbons (Fsp3) is 0.611. The van der Waals surface area contributed by atoms with Gasteiger partial charge in [-0.2, -0.15) is 0 Å². The Hall–Kier alpha value is -1.71. The first kappa shape index (κ1) is 18.3. The molecule has 1 amide bonds. The Labute approximate surface area is 133 Å². The van der Waals surface area contributed by atoms with Gasteiger partial charge in [-0.3, -0.25) is 0 Å². The van der Waals surface area contributed by atoms with Crippen molar-refractivity contribution in [3.05, 3.63) is 29.8 Å². The third kappa shape index (κ3) is 7.91. The molecule has 0 heterocycles. The van der Waals surface area contributed by atoms with Crippen LogP contribution in [0.4, 0.5) is 4.79 Å². The van der Waals surface area contributed by atoms with Crippen LogP contribution in [-0.4, -0.2) is 22.8 Å². The second-order valence-corrected chi connectivity index (χ2v) is 7.10. The van der Waals surface area contributed by atoms with Gasteiger partial charge in [0.2, 0.25) is 0 Å². The van der Waals surface area contributed by atoms with E-state index in [0.29, 0.717) is 11.7 Å². The summed E-state index contributed by atoms with van der Waals surface area (Å²) in [4.78, 5) is 11.7. The van der Waals surface area contributed by atoms with Gasteiger partial charge in [0.05, 0.1) is 0 Å². The lowest BCUT2D eigenvalue weighted by molar-refractivity contribution is 0.0505. The van der Waals surface area contributed by atoms with Crippen LogP contribution in [-0.2, 0) is 11.2 Å². The average Bonchev–Trinajstić information content (AvgIpc) is 2.37. The van der Waals surface area contributed by atoms with E-state index in [-0.39, 0.29) is 12.1 Å². The van der Waals surface area contributed by atoms with Crippen LogP contribution in [0.1, 0.15) is 53.0 Å². The summed E-state index contributed by atoms with van der Waals surface area (Å²) in [6, 6.07) is 7.43. The molecule has 0 aliphatic carbocycles. The van der Waals surface area contributed by atoms with Crippen molar-refractivity contribution < 1.29 is 14.6 Å². The molecule has 0 fully saturated rings. The van der Waals surface area contributed by atoms with Crippen LogP contribution < -0.4 is 5.32 Å². The predicted octanol–water partition coefficient (Wildman–Crippen LogP) is 4.26. The second kappa shape index (κ2) is 8.06. The number of aromatic hydroxyl groups is 1. The summed E-state index contributed by atoms with van der Waals surface area (Å²) in [6.45, 7) is 9.77. The van der Waals surface area contributed by atoms with Crippen LogP contribution >= 0.6 is 0 Å². The highest BCUT2D eigenvalue weighted by Crippen LogP contribution is 2.17. The zero-order chi connectivity index (χ0) is 16.8. The molecule has 0 aliphatic heterocycles. The maximum absolute atomic E-state index is 11.7. The molecule has 0 spiro atoms. The van der Waals surface area contributed by atoms with Gasteiger partial charge in [0.15, 0.2) is 0 Å². The summed E-state index contributed by atoms with van der Waals surface area (Å²) in [5.41, 5.74) is 0.758. The Bertz CT molecular complexity index is 462. The fourth-order valence-electron chi connectivity index (χ4n) is 2.25. The van der Waals surface area contributed by atoms with Crippen LogP contribution in [0.25, 0.3) is 0 Å². The van der Waals surface area contributed by atoms with Crippen molar-refractivity contribution >= 4 is 6.09 Å². The summed E-state index contributed by atoms with van der Waals surface area (Å²) < 4.78 is 5.25. The third-order valence-corrected chi connectivity index (χ3v) is 3.38. The van der Waals surface area contributed by atoms with Gasteiger partial charge in [0.1, 0.15) is 11.4 Å². The lowest BCUT2D eigenvalue weighted by Crippen LogP contribution is -2.37. The molecule has 0 radical (unpaired) electrons. The van der Waals surface area contributed by atoms with E-state index in [2.05, 4.69) is 12.2 Å². The number of carbonyl (C=O) groups excluding carboxylic acids is 1. The number of phenols is 1. The molecular formula is C18H29NO3. The van der Waals surface area contributed by atoms with Crippen molar-refractivity contribution in [2.75, 3.05) is 0 Å². The van der Waals surface area contributed by atoms with Gasteiger partial charge < -0.3 is 15.2 Å². The predicted molar refractivity (Wildman–Crippen MR) is 89.0 cm³/mol. The first-order chi connectivity index (χ1) is 10.2. The summed E-state index contributed by atoms with van der Waals surface area (Å²) >= 11 is 0. The molecule has 1 rings (SSSR count). The SMILES string of the molecule is CC(CC[C@H](C)NC(=O)OC(C)(C)C)Cc1ccc(O)cc1. The van der Waals surface area contributed by atoms with Gasteiger partial charge in [-0.15, -0.1) is 0 Å². The minimum Gasteiger partial charge on any atom is -0.508 e. The molecule has 0 aliphatic rings. The summed E-state index contributed by atoms with van der Waals surface area (Å²) in [5, 5.41) is 12.1. The van der Waals surface area contributed by atoms with Gasteiger partial charge in [-0.05, 0) is 70.6 Å². The van der Waals surface area contributed by atoms with Crippen molar-refractivity contribution in [1.29, 1.82) is 0 Å². The molecule has 1 aromatic carbocycles. The largest absolute Gasteiger partial charge is 0.508 e. The van der Waals surface area contributed by atoms with E-state index in [1.807, 2.05) is 39.8 Å². The summed E-state index contributed by atoms with van der Waals surface area (Å²) in [6.07, 6.45) is 2.56. The second-order valence-electron chi connectivity index (χ2n) is 7.10. The summed E-state index contributed by atoms with van der Waals surface area (Å²) in [5.74, 6) is 0.819. The Morgan fingerprint density at radius 1 is 1.18 bits per heavy atom. The Morgan fingerprint density at radius 2 is 1.77 bits per heavy atom. The molecule has 2 atom stereocenters. The number of nitrogens with one attached hydrogen (secondary N) is 1. The average molecular weight is 307 g/mol. The van der Waals surface area contributed by atoms with E-state index >= 15 is 0 Å². The number of hydrogen-bond acceptors (Lipinski definition) is 3. The molecule has 22 heavy (non-hydrogen) atoms. The van der Waals surface area contributed by atoms with Crippen LogP contribution in [0.2, 0.25) is 0 Å². The van der Waals surface area contributed by atoms with E-state index in [9.17, 15) is 9.90 Å². The highest BCUT2D eigenvalue weighted by atomic mass is 16.6. The molecule has 2 N–H and O–H groups in total. The first-order valence-corrected chi connectivity index (χ1v) is 7.93. The number of carbonyl (C=O) groups is 1. The smallest absolute Gasteiger partial charge is 0.407 e. The minimum absolute atomic E-state index is 0.0946. The van der Waals surface area contributed by atoms with Crippen LogP contribution in [0.5, 0.6) is 5.75 Å². The van der Waals surface area contributed by atoms with Crippen molar-refractivity contribution in [1.82, 2.24) is 5.32 Å². The topological polar surface area (TPSA) is 58.6 Å². The van der Waals surface area contributed by atoms with Gasteiger partial charge in [-0.25, -0.2) is 4.79 Å². The standard InChI is InChI=1S/C18H29NO3/c1-13(12-15-8-10-16(20)11-9-15)6-7-14(2)19-17(21)22-18(3,4)5/h8-11,13-14,20H,6-7,12H2,1-5H3,(H,19,21)/t13?,14-/m0/s1. The number of alkyl carbamates (subject to hydrolysis) is 1. The minimum atomic E-state index is -0.462. The van der Waals surface area contributed by atoms with E-state index in [0.717, 1.165) is 19.3 Å². The van der Waals surface area contributed by atoms with Gasteiger partial charge in [0.25, 0.3) is 0 Å². The normalized spacial score (nSPS) is 14.2.